The fourth-order valence-electron chi connectivity index (χ4n) is 1.74. The number of carbonyl (C=O) groups is 2. The lowest BCUT2D eigenvalue weighted by atomic mass is 10.0. The molecule has 0 bridgehead atoms. The third-order valence-electron chi connectivity index (χ3n) is 2.44. The summed E-state index contributed by atoms with van der Waals surface area (Å²) >= 11 is 0. The molecule has 5 nitrogen and oxygen atoms in total. The van der Waals surface area contributed by atoms with Crippen LogP contribution in [-0.2, 0) is 9.59 Å². The van der Waals surface area contributed by atoms with Gasteiger partial charge in [-0.25, -0.2) is 4.79 Å². The highest BCUT2D eigenvalue weighted by Crippen LogP contribution is 2.16. The van der Waals surface area contributed by atoms with Crippen molar-refractivity contribution < 1.29 is 14.7 Å². The largest absolute Gasteiger partial charge is 0.480 e. The molecule has 0 spiro atoms. The highest BCUT2D eigenvalue weighted by Gasteiger charge is 2.31. The molecule has 0 aromatic rings. The summed E-state index contributed by atoms with van der Waals surface area (Å²) < 4.78 is 0. The van der Waals surface area contributed by atoms with Gasteiger partial charge in [0, 0.05) is 6.54 Å². The topological polar surface area (TPSA) is 69.6 Å². The summed E-state index contributed by atoms with van der Waals surface area (Å²) in [7, 11) is 1.68. The van der Waals surface area contributed by atoms with Gasteiger partial charge >= 0.3 is 5.97 Å². The van der Waals surface area contributed by atoms with Gasteiger partial charge in [0.15, 0.2) is 0 Å². The van der Waals surface area contributed by atoms with Crippen molar-refractivity contribution in [2.45, 2.75) is 25.3 Å². The van der Waals surface area contributed by atoms with Crippen molar-refractivity contribution in [3.05, 3.63) is 0 Å². The van der Waals surface area contributed by atoms with E-state index in [2.05, 4.69) is 5.32 Å². The SMILES string of the molecule is CNCC(=O)N1CCCC[C@@H]1C(=O)O. The number of hydrogen-bond donors (Lipinski definition) is 2. The first-order valence-corrected chi connectivity index (χ1v) is 4.83. The first kappa shape index (κ1) is 11.0. The van der Waals surface area contributed by atoms with Gasteiger partial charge in [-0.15, -0.1) is 0 Å². The lowest BCUT2D eigenvalue weighted by Gasteiger charge is -2.32. The Kier molecular flexibility index (Phi) is 3.88. The third kappa shape index (κ3) is 2.45. The minimum absolute atomic E-state index is 0.125. The van der Waals surface area contributed by atoms with E-state index in [4.69, 9.17) is 5.11 Å². The monoisotopic (exact) mass is 200 g/mol. The second-order valence-corrected chi connectivity index (χ2v) is 3.47. The Morgan fingerprint density at radius 2 is 2.21 bits per heavy atom. The van der Waals surface area contributed by atoms with Crippen LogP contribution in [0.25, 0.3) is 0 Å². The van der Waals surface area contributed by atoms with Crippen molar-refractivity contribution in [2.24, 2.45) is 0 Å². The highest BCUT2D eigenvalue weighted by atomic mass is 16.4. The Morgan fingerprint density at radius 1 is 1.50 bits per heavy atom. The van der Waals surface area contributed by atoms with Crippen LogP contribution in [0.1, 0.15) is 19.3 Å². The Balaban J connectivity index is 2.62. The molecule has 0 saturated carbocycles. The van der Waals surface area contributed by atoms with Crippen LogP contribution in [0.4, 0.5) is 0 Å². The maximum atomic E-state index is 11.5. The molecule has 14 heavy (non-hydrogen) atoms. The quantitative estimate of drug-likeness (QED) is 0.654. The van der Waals surface area contributed by atoms with Gasteiger partial charge in [0.2, 0.25) is 5.91 Å². The van der Waals surface area contributed by atoms with Crippen LogP contribution in [0.3, 0.4) is 0 Å². The number of piperidine rings is 1. The van der Waals surface area contributed by atoms with Crippen LogP contribution in [0, 0.1) is 0 Å². The van der Waals surface area contributed by atoms with Crippen molar-refractivity contribution in [1.29, 1.82) is 0 Å². The molecule has 0 aromatic carbocycles. The summed E-state index contributed by atoms with van der Waals surface area (Å²) in [6.45, 7) is 0.779. The van der Waals surface area contributed by atoms with E-state index in [1.54, 1.807) is 7.05 Å². The number of carboxylic acid groups (broad SMARTS) is 1. The predicted molar refractivity (Wildman–Crippen MR) is 50.9 cm³/mol. The number of aliphatic carboxylic acids is 1. The molecule has 0 aromatic heterocycles. The van der Waals surface area contributed by atoms with Crippen LogP contribution in [0.15, 0.2) is 0 Å². The fourth-order valence-corrected chi connectivity index (χ4v) is 1.74. The summed E-state index contributed by atoms with van der Waals surface area (Å²) in [6.07, 6.45) is 2.37. The number of amides is 1. The molecule has 1 heterocycles. The van der Waals surface area contributed by atoms with Gasteiger partial charge in [-0.3, -0.25) is 4.79 Å². The molecule has 0 radical (unpaired) electrons. The standard InChI is InChI=1S/C9H16N2O3/c1-10-6-8(12)11-5-3-2-4-7(11)9(13)14/h7,10H,2-6H2,1H3,(H,13,14)/t7-/m1/s1. The van der Waals surface area contributed by atoms with E-state index in [-0.39, 0.29) is 12.5 Å². The summed E-state index contributed by atoms with van der Waals surface area (Å²) in [4.78, 5) is 23.8. The molecule has 1 fully saturated rings. The maximum Gasteiger partial charge on any atom is 0.326 e. The smallest absolute Gasteiger partial charge is 0.326 e. The zero-order chi connectivity index (χ0) is 10.6. The van der Waals surface area contributed by atoms with Crippen molar-refractivity contribution >= 4 is 11.9 Å². The highest BCUT2D eigenvalue weighted by molar-refractivity contribution is 5.85. The first-order valence-electron chi connectivity index (χ1n) is 4.83. The van der Waals surface area contributed by atoms with Gasteiger partial charge in [-0.05, 0) is 26.3 Å². The third-order valence-corrected chi connectivity index (χ3v) is 2.44. The Hall–Kier alpha value is -1.10. The van der Waals surface area contributed by atoms with Crippen LogP contribution < -0.4 is 5.32 Å². The lowest BCUT2D eigenvalue weighted by molar-refractivity contribution is -0.151. The van der Waals surface area contributed by atoms with E-state index in [9.17, 15) is 9.59 Å². The normalized spacial score (nSPS) is 22.1. The molecule has 1 rings (SSSR count). The average Bonchev–Trinajstić information content (AvgIpc) is 2.18. The predicted octanol–water partition coefficient (Wildman–Crippen LogP) is -0.328. The number of likely N-dealkylation sites (tertiary alicyclic amines) is 1. The van der Waals surface area contributed by atoms with E-state index < -0.39 is 12.0 Å². The molecule has 0 aliphatic carbocycles. The maximum absolute atomic E-state index is 11.5. The number of hydrogen-bond acceptors (Lipinski definition) is 3. The number of nitrogens with one attached hydrogen (secondary N) is 1. The van der Waals surface area contributed by atoms with Gasteiger partial charge in [0.05, 0.1) is 6.54 Å². The summed E-state index contributed by atoms with van der Waals surface area (Å²) in [5.74, 6) is -1.02. The van der Waals surface area contributed by atoms with Crippen LogP contribution in [-0.4, -0.2) is 48.1 Å². The molecule has 1 atom stereocenters. The number of likely N-dealkylation sites (N-methyl/N-ethyl adjacent to an activating group) is 1. The summed E-state index contributed by atoms with van der Waals surface area (Å²) in [5.41, 5.74) is 0. The van der Waals surface area contributed by atoms with E-state index in [1.807, 2.05) is 0 Å². The Bertz CT molecular complexity index is 230. The van der Waals surface area contributed by atoms with Gasteiger partial charge in [-0.2, -0.15) is 0 Å². The average molecular weight is 200 g/mol. The molecule has 5 heteroatoms. The first-order chi connectivity index (χ1) is 6.66. The van der Waals surface area contributed by atoms with Gasteiger partial charge in [0.25, 0.3) is 0 Å². The van der Waals surface area contributed by atoms with Crippen LogP contribution in [0.5, 0.6) is 0 Å². The number of rotatable bonds is 3. The molecule has 1 aliphatic rings. The second-order valence-electron chi connectivity index (χ2n) is 3.47. The molecular formula is C9H16N2O3. The molecule has 1 amide bonds. The fraction of sp³-hybridized carbons (Fsp3) is 0.778. The minimum Gasteiger partial charge on any atom is -0.480 e. The van der Waals surface area contributed by atoms with E-state index in [1.165, 1.54) is 4.90 Å². The van der Waals surface area contributed by atoms with E-state index in [0.29, 0.717) is 13.0 Å². The Labute approximate surface area is 83.1 Å². The van der Waals surface area contributed by atoms with Crippen molar-refractivity contribution in [1.82, 2.24) is 10.2 Å². The van der Waals surface area contributed by atoms with Gasteiger partial charge in [0.1, 0.15) is 6.04 Å². The number of carbonyl (C=O) groups excluding carboxylic acids is 1. The summed E-state index contributed by atoms with van der Waals surface area (Å²) in [6, 6.07) is -0.621. The van der Waals surface area contributed by atoms with Crippen LogP contribution >= 0.6 is 0 Å². The minimum atomic E-state index is -0.894. The Morgan fingerprint density at radius 3 is 2.79 bits per heavy atom. The van der Waals surface area contributed by atoms with Crippen LogP contribution in [0.2, 0.25) is 0 Å². The number of nitrogens with zero attached hydrogens (tertiary/aromatic N) is 1. The zero-order valence-corrected chi connectivity index (χ0v) is 8.32. The van der Waals surface area contributed by atoms with E-state index >= 15 is 0 Å². The second kappa shape index (κ2) is 4.95. The molecule has 0 unspecified atom stereocenters. The van der Waals surface area contributed by atoms with Crippen molar-refractivity contribution in [3.8, 4) is 0 Å². The lowest BCUT2D eigenvalue weighted by Crippen LogP contribution is -2.50. The summed E-state index contributed by atoms with van der Waals surface area (Å²) in [5, 5.41) is 11.7. The zero-order valence-electron chi connectivity index (χ0n) is 8.32. The van der Waals surface area contributed by atoms with Gasteiger partial charge < -0.3 is 15.3 Å². The molecule has 2 N–H and O–H groups in total. The molecule has 1 saturated heterocycles. The molecular weight excluding hydrogens is 184 g/mol. The van der Waals surface area contributed by atoms with E-state index in [0.717, 1.165) is 12.8 Å². The van der Waals surface area contributed by atoms with Crippen molar-refractivity contribution in [3.63, 3.8) is 0 Å². The molecule has 1 aliphatic heterocycles. The number of carboxylic acids is 1. The van der Waals surface area contributed by atoms with Crippen molar-refractivity contribution in [2.75, 3.05) is 20.1 Å². The van der Waals surface area contributed by atoms with Gasteiger partial charge in [-0.1, -0.05) is 0 Å². The molecule has 80 valence electrons.